The van der Waals surface area contributed by atoms with Crippen molar-refractivity contribution in [2.45, 2.75) is 16.8 Å². The Morgan fingerprint density at radius 1 is 1.27 bits per heavy atom. The molecular formula is C13H15F3N2O3S. The molecule has 1 amide bonds. The summed E-state index contributed by atoms with van der Waals surface area (Å²) in [5.41, 5.74) is 0.324. The van der Waals surface area contributed by atoms with E-state index >= 15 is 0 Å². The first-order valence-electron chi connectivity index (χ1n) is 6.57. The maximum absolute atomic E-state index is 12.4. The number of hydrogen-bond donors (Lipinski definition) is 1. The van der Waals surface area contributed by atoms with E-state index < -0.39 is 20.2 Å². The van der Waals surface area contributed by atoms with E-state index in [1.807, 2.05) is 0 Å². The molecule has 22 heavy (non-hydrogen) atoms. The van der Waals surface area contributed by atoms with Crippen LogP contribution < -0.4 is 5.73 Å². The summed E-state index contributed by atoms with van der Waals surface area (Å²) in [6, 6.07) is 3.78. The van der Waals surface area contributed by atoms with E-state index in [9.17, 15) is 26.4 Å². The van der Waals surface area contributed by atoms with Crippen LogP contribution >= 0.6 is 0 Å². The lowest BCUT2D eigenvalue weighted by molar-refractivity contribution is -0.0436. The van der Waals surface area contributed by atoms with Crippen molar-refractivity contribution in [3.63, 3.8) is 0 Å². The first kappa shape index (κ1) is 16.8. The van der Waals surface area contributed by atoms with Gasteiger partial charge in [-0.25, -0.2) is 8.42 Å². The van der Waals surface area contributed by atoms with Crippen LogP contribution in [0.25, 0.3) is 0 Å². The van der Waals surface area contributed by atoms with Crippen LogP contribution in [-0.2, 0) is 9.84 Å². The van der Waals surface area contributed by atoms with Crippen molar-refractivity contribution in [2.75, 3.05) is 19.6 Å². The van der Waals surface area contributed by atoms with E-state index in [0.29, 0.717) is 19.6 Å². The standard InChI is InChI=1S/C13H15F3N2O3S/c14-13(15,16)22(20,21)11-3-1-10(2-4-11)12(19)18-6-5-9(7-17)8-18/h1-4,9H,5-8,17H2/t9-/m0/s1. The average molecular weight is 336 g/mol. The molecular weight excluding hydrogens is 321 g/mol. The van der Waals surface area contributed by atoms with Gasteiger partial charge in [0.05, 0.1) is 4.90 Å². The molecule has 9 heteroatoms. The minimum absolute atomic E-state index is 0.152. The summed E-state index contributed by atoms with van der Waals surface area (Å²) in [5.74, 6) is -0.124. The van der Waals surface area contributed by atoms with Crippen molar-refractivity contribution >= 4 is 15.7 Å². The summed E-state index contributed by atoms with van der Waals surface area (Å²) >= 11 is 0. The van der Waals surface area contributed by atoms with Gasteiger partial charge in [0.2, 0.25) is 0 Å². The third-order valence-corrected chi connectivity index (χ3v) is 5.12. The molecule has 0 unspecified atom stereocenters. The van der Waals surface area contributed by atoms with Crippen LogP contribution in [0.1, 0.15) is 16.8 Å². The van der Waals surface area contributed by atoms with Gasteiger partial charge in [-0.1, -0.05) is 0 Å². The SMILES string of the molecule is NC[C@@H]1CCN(C(=O)c2ccc(S(=O)(=O)C(F)(F)F)cc2)C1. The number of hydrogen-bond acceptors (Lipinski definition) is 4. The summed E-state index contributed by atoms with van der Waals surface area (Å²) in [6.45, 7) is 1.49. The summed E-state index contributed by atoms with van der Waals surface area (Å²) < 4.78 is 59.8. The predicted molar refractivity (Wildman–Crippen MR) is 72.7 cm³/mol. The zero-order valence-corrected chi connectivity index (χ0v) is 12.3. The van der Waals surface area contributed by atoms with Gasteiger partial charge in [-0.15, -0.1) is 0 Å². The van der Waals surface area contributed by atoms with Crippen molar-refractivity contribution in [1.29, 1.82) is 0 Å². The van der Waals surface area contributed by atoms with Crippen molar-refractivity contribution in [1.82, 2.24) is 4.90 Å². The molecule has 122 valence electrons. The number of rotatable bonds is 3. The molecule has 1 aromatic carbocycles. The Morgan fingerprint density at radius 2 is 1.86 bits per heavy atom. The average Bonchev–Trinajstić information content (AvgIpc) is 2.94. The van der Waals surface area contributed by atoms with Crippen molar-refractivity contribution < 1.29 is 26.4 Å². The molecule has 0 bridgehead atoms. The molecule has 1 heterocycles. The fourth-order valence-corrected chi connectivity index (χ4v) is 3.06. The molecule has 2 rings (SSSR count). The molecule has 1 atom stereocenters. The summed E-state index contributed by atoms with van der Waals surface area (Å²) in [4.78, 5) is 12.9. The number of nitrogens with two attached hydrogens (primary N) is 1. The molecule has 1 fully saturated rings. The summed E-state index contributed by atoms with van der Waals surface area (Å²) in [7, 11) is -5.39. The highest BCUT2D eigenvalue weighted by atomic mass is 32.2. The maximum atomic E-state index is 12.4. The lowest BCUT2D eigenvalue weighted by Crippen LogP contribution is -2.30. The van der Waals surface area contributed by atoms with Crippen LogP contribution in [0, 0.1) is 5.92 Å². The number of halogens is 3. The zero-order chi connectivity index (χ0) is 16.5. The topological polar surface area (TPSA) is 80.5 Å². The van der Waals surface area contributed by atoms with E-state index in [4.69, 9.17) is 5.73 Å². The van der Waals surface area contributed by atoms with E-state index in [1.165, 1.54) is 0 Å². The highest BCUT2D eigenvalue weighted by molar-refractivity contribution is 7.92. The molecule has 2 N–H and O–H groups in total. The van der Waals surface area contributed by atoms with Crippen molar-refractivity contribution in [2.24, 2.45) is 11.7 Å². The second-order valence-electron chi connectivity index (χ2n) is 5.12. The number of benzene rings is 1. The number of carbonyl (C=O) groups excluding carboxylic acids is 1. The van der Waals surface area contributed by atoms with Gasteiger partial charge in [0, 0.05) is 18.7 Å². The Morgan fingerprint density at radius 3 is 2.32 bits per heavy atom. The van der Waals surface area contributed by atoms with Crippen LogP contribution in [0.2, 0.25) is 0 Å². The Labute approximate surface area is 125 Å². The first-order valence-corrected chi connectivity index (χ1v) is 8.06. The number of amides is 1. The molecule has 1 saturated heterocycles. The normalized spacial score (nSPS) is 19.5. The van der Waals surface area contributed by atoms with Gasteiger partial charge >= 0.3 is 5.51 Å². The monoisotopic (exact) mass is 336 g/mol. The van der Waals surface area contributed by atoms with Gasteiger partial charge < -0.3 is 10.6 Å². The third kappa shape index (κ3) is 3.09. The molecule has 0 aliphatic carbocycles. The molecule has 1 aliphatic heterocycles. The largest absolute Gasteiger partial charge is 0.501 e. The molecule has 1 aromatic rings. The molecule has 0 radical (unpaired) electrons. The van der Waals surface area contributed by atoms with E-state index in [2.05, 4.69) is 0 Å². The number of sulfone groups is 1. The predicted octanol–water partition coefficient (Wildman–Crippen LogP) is 1.40. The molecule has 1 aliphatic rings. The van der Waals surface area contributed by atoms with Crippen LogP contribution in [0.5, 0.6) is 0 Å². The number of likely N-dealkylation sites (tertiary alicyclic amines) is 1. The van der Waals surface area contributed by atoms with Gasteiger partial charge in [0.15, 0.2) is 0 Å². The second kappa shape index (κ2) is 5.88. The zero-order valence-electron chi connectivity index (χ0n) is 11.5. The highest BCUT2D eigenvalue weighted by Crippen LogP contribution is 2.30. The Balaban J connectivity index is 2.18. The van der Waals surface area contributed by atoms with E-state index in [0.717, 1.165) is 30.7 Å². The van der Waals surface area contributed by atoms with Crippen LogP contribution in [0.15, 0.2) is 29.2 Å². The molecule has 0 spiro atoms. The first-order chi connectivity index (χ1) is 10.2. The second-order valence-corrected chi connectivity index (χ2v) is 7.06. The molecule has 0 aromatic heterocycles. The smallest absolute Gasteiger partial charge is 0.338 e. The van der Waals surface area contributed by atoms with Crippen LogP contribution in [-0.4, -0.2) is 44.4 Å². The van der Waals surface area contributed by atoms with Gasteiger partial charge in [-0.05, 0) is 43.1 Å². The summed E-state index contributed by atoms with van der Waals surface area (Å²) in [6.07, 6.45) is 0.781. The number of alkyl halides is 3. The number of nitrogens with zero attached hydrogens (tertiary/aromatic N) is 1. The lowest BCUT2D eigenvalue weighted by Gasteiger charge is -2.16. The molecule has 0 saturated carbocycles. The Kier molecular flexibility index (Phi) is 4.48. The van der Waals surface area contributed by atoms with Crippen molar-refractivity contribution in [3.05, 3.63) is 29.8 Å². The van der Waals surface area contributed by atoms with Crippen LogP contribution in [0.4, 0.5) is 13.2 Å². The Hall–Kier alpha value is -1.61. The molecule has 5 nitrogen and oxygen atoms in total. The maximum Gasteiger partial charge on any atom is 0.501 e. The highest BCUT2D eigenvalue weighted by Gasteiger charge is 2.46. The third-order valence-electron chi connectivity index (χ3n) is 3.62. The summed E-state index contributed by atoms with van der Waals surface area (Å²) in [5, 5.41) is 0. The minimum Gasteiger partial charge on any atom is -0.338 e. The van der Waals surface area contributed by atoms with E-state index in [1.54, 1.807) is 4.90 Å². The minimum atomic E-state index is -5.39. The van der Waals surface area contributed by atoms with Crippen LogP contribution in [0.3, 0.4) is 0 Å². The van der Waals surface area contributed by atoms with Crippen molar-refractivity contribution in [3.8, 4) is 0 Å². The quantitative estimate of drug-likeness (QED) is 0.905. The lowest BCUT2D eigenvalue weighted by atomic mass is 10.1. The Bertz CT molecular complexity index is 656. The van der Waals surface area contributed by atoms with E-state index in [-0.39, 0.29) is 17.4 Å². The van der Waals surface area contributed by atoms with Gasteiger partial charge in [-0.3, -0.25) is 4.79 Å². The van der Waals surface area contributed by atoms with Gasteiger partial charge in [-0.2, -0.15) is 13.2 Å². The van der Waals surface area contributed by atoms with Gasteiger partial charge in [0.25, 0.3) is 15.7 Å². The number of carbonyl (C=O) groups is 1. The fraction of sp³-hybridized carbons (Fsp3) is 0.462. The van der Waals surface area contributed by atoms with Gasteiger partial charge in [0.1, 0.15) is 0 Å². The fourth-order valence-electron chi connectivity index (χ4n) is 2.30.